The van der Waals surface area contributed by atoms with E-state index in [1.807, 2.05) is 72.8 Å². The maximum atomic E-state index is 12.7. The summed E-state index contributed by atoms with van der Waals surface area (Å²) < 4.78 is 11.2. The van der Waals surface area contributed by atoms with Crippen molar-refractivity contribution in [1.82, 2.24) is 5.32 Å². The largest absolute Gasteiger partial charge is 0.496 e. The van der Waals surface area contributed by atoms with Crippen molar-refractivity contribution in [1.29, 1.82) is 0 Å². The minimum atomic E-state index is -1.09. The molecule has 0 radical (unpaired) electrons. The van der Waals surface area contributed by atoms with E-state index >= 15 is 0 Å². The Labute approximate surface area is 220 Å². The molecular weight excluding hydrogens is 484 g/mol. The van der Waals surface area contributed by atoms with Crippen LogP contribution in [0.5, 0.6) is 5.75 Å². The van der Waals surface area contributed by atoms with Gasteiger partial charge in [-0.25, -0.2) is 4.79 Å². The number of amides is 1. The first-order chi connectivity index (χ1) is 18.3. The quantitative estimate of drug-likeness (QED) is 0.404. The van der Waals surface area contributed by atoms with E-state index in [4.69, 9.17) is 9.47 Å². The fraction of sp³-hybridized carbons (Fsp3) is 0.276. The molecule has 1 unspecified atom stereocenters. The lowest BCUT2D eigenvalue weighted by Gasteiger charge is -2.25. The fourth-order valence-electron chi connectivity index (χ4n) is 4.71. The highest BCUT2D eigenvalue weighted by molar-refractivity contribution is 6.02. The number of alkyl carbamates (subject to hydrolysis) is 1. The summed E-state index contributed by atoms with van der Waals surface area (Å²) in [6, 6.07) is 22.7. The average molecular weight is 513 g/mol. The lowest BCUT2D eigenvalue weighted by Crippen LogP contribution is -2.43. The maximum Gasteiger partial charge on any atom is 0.413 e. The van der Waals surface area contributed by atoms with E-state index in [1.165, 1.54) is 0 Å². The number of hydrogen-bond acceptors (Lipinski definition) is 7. The Morgan fingerprint density at radius 2 is 1.68 bits per heavy atom. The van der Waals surface area contributed by atoms with E-state index in [1.54, 1.807) is 21.0 Å². The van der Waals surface area contributed by atoms with E-state index in [9.17, 15) is 14.7 Å². The second-order valence-corrected chi connectivity index (χ2v) is 9.67. The molecule has 0 bridgehead atoms. The summed E-state index contributed by atoms with van der Waals surface area (Å²) in [5.41, 5.74) is 2.32. The molecule has 0 saturated heterocycles. The first kappa shape index (κ1) is 25.1. The highest BCUT2D eigenvalue weighted by atomic mass is 16.6. The molecule has 0 aromatic heterocycles. The van der Waals surface area contributed by atoms with E-state index < -0.39 is 29.1 Å². The van der Waals surface area contributed by atoms with Crippen molar-refractivity contribution in [2.45, 2.75) is 43.7 Å². The molecule has 1 aliphatic carbocycles. The first-order valence-electron chi connectivity index (χ1n) is 12.3. The van der Waals surface area contributed by atoms with Gasteiger partial charge in [0.15, 0.2) is 11.4 Å². The molecule has 194 valence electrons. The smallest absolute Gasteiger partial charge is 0.413 e. The minimum Gasteiger partial charge on any atom is -0.496 e. The molecule has 3 aromatic rings. The van der Waals surface area contributed by atoms with Gasteiger partial charge < -0.3 is 14.6 Å². The summed E-state index contributed by atoms with van der Waals surface area (Å²) in [5.74, 6) is -0.0130. The van der Waals surface area contributed by atoms with Crippen LogP contribution >= 0.6 is 0 Å². The molecule has 1 heterocycles. The lowest BCUT2D eigenvalue weighted by molar-refractivity contribution is -0.140. The molecular formula is C29H28N4O5. The lowest BCUT2D eigenvalue weighted by atomic mass is 9.88. The number of methoxy groups -OCH3 is 1. The Morgan fingerprint density at radius 3 is 2.32 bits per heavy atom. The predicted octanol–water partition coefficient (Wildman–Crippen LogP) is 5.96. The normalized spacial score (nSPS) is 19.8. The molecule has 5 rings (SSSR count). The van der Waals surface area contributed by atoms with Gasteiger partial charge in [0, 0.05) is 5.56 Å². The number of ether oxygens (including phenoxy) is 2. The zero-order valence-corrected chi connectivity index (χ0v) is 21.3. The molecule has 3 aromatic carbocycles. The molecule has 38 heavy (non-hydrogen) atoms. The van der Waals surface area contributed by atoms with E-state index in [0.717, 1.165) is 22.3 Å². The highest BCUT2D eigenvalue weighted by Crippen LogP contribution is 2.48. The third-order valence-corrected chi connectivity index (χ3v) is 7.28. The number of amidine groups is 1. The Bertz CT molecular complexity index is 1430. The molecule has 2 aliphatic rings. The summed E-state index contributed by atoms with van der Waals surface area (Å²) in [4.78, 5) is 24.3. The molecule has 2 atom stereocenters. The van der Waals surface area contributed by atoms with E-state index in [-0.39, 0.29) is 5.84 Å². The van der Waals surface area contributed by atoms with Gasteiger partial charge in [-0.1, -0.05) is 66.7 Å². The molecule has 2 N–H and O–H groups in total. The number of carboxylic acids is 1. The zero-order valence-electron chi connectivity index (χ0n) is 21.3. The van der Waals surface area contributed by atoms with E-state index in [2.05, 4.69) is 20.8 Å². The standard InChI is InChI=1S/C29H28N4O5/c1-18(19-7-5-4-6-8-19)38-27(36)30-25-28(2,32-33-31-25)23-14-11-21(17-24(23)37-3)20-9-12-22(13-10-20)29(15-16-29)26(34)35/h4-14,17-18H,15-16H2,1-3H3,(H,34,35)(H,30,31,32,36)/t18-,28?/m1/s1. The fourth-order valence-corrected chi connectivity index (χ4v) is 4.71. The van der Waals surface area contributed by atoms with Gasteiger partial charge in [-0.05, 0) is 60.2 Å². The van der Waals surface area contributed by atoms with Gasteiger partial charge in [0.05, 0.1) is 12.5 Å². The first-order valence-corrected chi connectivity index (χ1v) is 12.3. The Kier molecular flexibility index (Phi) is 6.44. The number of carbonyl (C=O) groups is 2. The van der Waals surface area contributed by atoms with Gasteiger partial charge in [-0.15, -0.1) is 10.2 Å². The number of nitrogens with zero attached hydrogens (tertiary/aromatic N) is 3. The number of carbonyl (C=O) groups excluding carboxylic acids is 1. The van der Waals surface area contributed by atoms with Crippen LogP contribution in [0, 0.1) is 0 Å². The molecule has 1 amide bonds. The van der Waals surface area contributed by atoms with Gasteiger partial charge in [0.2, 0.25) is 0 Å². The maximum absolute atomic E-state index is 12.7. The van der Waals surface area contributed by atoms with Crippen molar-refractivity contribution in [2.24, 2.45) is 15.4 Å². The number of rotatable bonds is 7. The van der Waals surface area contributed by atoms with Crippen molar-refractivity contribution >= 4 is 17.9 Å². The van der Waals surface area contributed by atoms with Gasteiger partial charge in [-0.3, -0.25) is 10.1 Å². The Hall–Kier alpha value is -4.53. The SMILES string of the molecule is COc1cc(-c2ccc(C3(C(=O)O)CC3)cc2)ccc1C1(C)N=NN=C1NC(=O)O[C@H](C)c1ccccc1. The Balaban J connectivity index is 1.34. The topological polar surface area (TPSA) is 122 Å². The van der Waals surface area contributed by atoms with E-state index in [0.29, 0.717) is 24.2 Å². The molecule has 9 nitrogen and oxygen atoms in total. The van der Waals surface area contributed by atoms with Crippen molar-refractivity contribution in [2.75, 3.05) is 7.11 Å². The van der Waals surface area contributed by atoms with Gasteiger partial charge in [-0.2, -0.15) is 0 Å². The molecule has 0 spiro atoms. The second-order valence-electron chi connectivity index (χ2n) is 9.67. The summed E-state index contributed by atoms with van der Waals surface area (Å²) in [6.45, 7) is 3.58. The monoisotopic (exact) mass is 512 g/mol. The third-order valence-electron chi connectivity index (χ3n) is 7.28. The summed E-state index contributed by atoms with van der Waals surface area (Å²) in [5, 5.41) is 24.4. The predicted molar refractivity (Wildman–Crippen MR) is 141 cm³/mol. The summed E-state index contributed by atoms with van der Waals surface area (Å²) in [6.07, 6.45) is 0.204. The second kappa shape index (κ2) is 9.74. The Morgan fingerprint density at radius 1 is 1.00 bits per heavy atom. The summed E-state index contributed by atoms with van der Waals surface area (Å²) in [7, 11) is 1.56. The van der Waals surface area contributed by atoms with Crippen molar-refractivity contribution < 1.29 is 24.2 Å². The van der Waals surface area contributed by atoms with Crippen LogP contribution in [0.15, 0.2) is 88.2 Å². The third kappa shape index (κ3) is 4.51. The van der Waals surface area contributed by atoms with Gasteiger partial charge in [0.25, 0.3) is 0 Å². The highest BCUT2D eigenvalue weighted by Gasteiger charge is 2.51. The van der Waals surface area contributed by atoms with Crippen LogP contribution in [-0.2, 0) is 20.5 Å². The van der Waals surface area contributed by atoms with Crippen LogP contribution in [-0.4, -0.2) is 30.1 Å². The van der Waals surface area contributed by atoms with Gasteiger partial charge in [0.1, 0.15) is 11.9 Å². The zero-order chi connectivity index (χ0) is 26.9. The van der Waals surface area contributed by atoms with Gasteiger partial charge >= 0.3 is 12.1 Å². The van der Waals surface area contributed by atoms with Crippen LogP contribution in [0.25, 0.3) is 11.1 Å². The molecule has 1 aliphatic heterocycles. The van der Waals surface area contributed by atoms with Crippen molar-refractivity contribution in [3.05, 3.63) is 89.5 Å². The van der Waals surface area contributed by atoms with Crippen molar-refractivity contribution in [3.8, 4) is 16.9 Å². The molecule has 1 fully saturated rings. The van der Waals surface area contributed by atoms with Crippen LogP contribution in [0.2, 0.25) is 0 Å². The average Bonchev–Trinajstić information content (AvgIpc) is 3.67. The number of aliphatic carboxylic acids is 1. The number of carboxylic acid groups (broad SMARTS) is 1. The van der Waals surface area contributed by atoms with Crippen LogP contribution in [0.1, 0.15) is 49.5 Å². The minimum absolute atomic E-state index is 0.224. The number of hydrogen-bond donors (Lipinski definition) is 2. The van der Waals surface area contributed by atoms with Crippen molar-refractivity contribution in [3.63, 3.8) is 0 Å². The molecule has 1 saturated carbocycles. The number of nitrogens with one attached hydrogen (secondary N) is 1. The number of benzene rings is 3. The van der Waals surface area contributed by atoms with Crippen LogP contribution < -0.4 is 10.1 Å². The van der Waals surface area contributed by atoms with Crippen LogP contribution in [0.3, 0.4) is 0 Å². The molecule has 9 heteroatoms. The summed E-state index contributed by atoms with van der Waals surface area (Å²) >= 11 is 0. The van der Waals surface area contributed by atoms with Crippen LogP contribution in [0.4, 0.5) is 4.79 Å².